The summed E-state index contributed by atoms with van der Waals surface area (Å²) in [5, 5.41) is 3.43. The first-order valence-corrected chi connectivity index (χ1v) is 7.57. The summed E-state index contributed by atoms with van der Waals surface area (Å²) in [6.07, 6.45) is 4.01. The zero-order valence-corrected chi connectivity index (χ0v) is 12.6. The van der Waals surface area contributed by atoms with E-state index in [4.69, 9.17) is 10.5 Å². The van der Waals surface area contributed by atoms with Crippen LogP contribution >= 0.6 is 0 Å². The maximum absolute atomic E-state index is 5.83. The molecule has 0 spiro atoms. The molecule has 0 radical (unpaired) electrons. The molecule has 1 saturated heterocycles. The molecule has 0 aliphatic carbocycles. The van der Waals surface area contributed by atoms with E-state index in [0.717, 1.165) is 12.4 Å². The van der Waals surface area contributed by atoms with Crippen molar-refractivity contribution in [3.63, 3.8) is 0 Å². The number of pyridine rings is 1. The number of anilines is 2. The highest BCUT2D eigenvalue weighted by Gasteiger charge is 2.14. The van der Waals surface area contributed by atoms with Crippen LogP contribution < -0.4 is 15.8 Å². The second-order valence-corrected chi connectivity index (χ2v) is 5.43. The van der Waals surface area contributed by atoms with Gasteiger partial charge in [-0.25, -0.2) is 0 Å². The molecule has 5 nitrogen and oxygen atoms in total. The van der Waals surface area contributed by atoms with E-state index in [9.17, 15) is 0 Å². The Morgan fingerprint density at radius 1 is 1.35 bits per heavy atom. The zero-order chi connectivity index (χ0) is 14.4. The summed E-state index contributed by atoms with van der Waals surface area (Å²) in [7, 11) is 0. The topological polar surface area (TPSA) is 63.4 Å². The number of nitrogens with zero attached hydrogens (tertiary/aromatic N) is 2. The molecule has 112 valence electrons. The number of hydrogen-bond acceptors (Lipinski definition) is 5. The Hall–Kier alpha value is -1.49. The first kappa shape index (κ1) is 14.9. The third-order valence-corrected chi connectivity index (χ3v) is 3.55. The number of ether oxygens (including phenoxy) is 1. The largest absolute Gasteiger partial charge is 0.476 e. The van der Waals surface area contributed by atoms with Gasteiger partial charge in [-0.05, 0) is 51.9 Å². The second kappa shape index (κ2) is 7.33. The molecule has 0 aromatic carbocycles. The third kappa shape index (κ3) is 4.27. The van der Waals surface area contributed by atoms with Gasteiger partial charge in [-0.1, -0.05) is 6.42 Å². The highest BCUT2D eigenvalue weighted by atomic mass is 16.5. The van der Waals surface area contributed by atoms with Crippen LogP contribution in [0.25, 0.3) is 0 Å². The van der Waals surface area contributed by atoms with Gasteiger partial charge < -0.3 is 20.7 Å². The normalized spacial score (nSPS) is 17.7. The number of likely N-dealkylation sites (tertiary alicyclic amines) is 1. The summed E-state index contributed by atoms with van der Waals surface area (Å²) in [5.41, 5.74) is 6.42. The molecular formula is C15H26N4O. The quantitative estimate of drug-likeness (QED) is 0.836. The van der Waals surface area contributed by atoms with Crippen molar-refractivity contribution < 1.29 is 4.74 Å². The fourth-order valence-corrected chi connectivity index (χ4v) is 2.61. The zero-order valence-electron chi connectivity index (χ0n) is 12.6. The van der Waals surface area contributed by atoms with E-state index in [1.807, 2.05) is 19.1 Å². The lowest BCUT2D eigenvalue weighted by molar-refractivity contribution is 0.223. The van der Waals surface area contributed by atoms with E-state index < -0.39 is 0 Å². The molecule has 20 heavy (non-hydrogen) atoms. The van der Waals surface area contributed by atoms with Crippen LogP contribution in [0.4, 0.5) is 11.5 Å². The fraction of sp³-hybridized carbons (Fsp3) is 0.667. The Labute approximate surface area is 121 Å². The summed E-state index contributed by atoms with van der Waals surface area (Å²) in [5.74, 6) is 1.34. The fourth-order valence-electron chi connectivity index (χ4n) is 2.61. The second-order valence-electron chi connectivity index (χ2n) is 5.43. The Morgan fingerprint density at radius 3 is 2.80 bits per heavy atom. The lowest BCUT2D eigenvalue weighted by Gasteiger charge is -2.29. The highest BCUT2D eigenvalue weighted by molar-refractivity contribution is 5.53. The van der Waals surface area contributed by atoms with Gasteiger partial charge in [-0.3, -0.25) is 0 Å². The minimum Gasteiger partial charge on any atom is -0.476 e. The number of rotatable bonds is 6. The number of nitrogen functional groups attached to an aromatic ring is 1. The van der Waals surface area contributed by atoms with Gasteiger partial charge in [0.25, 0.3) is 0 Å². The minimum atomic E-state index is 0.360. The van der Waals surface area contributed by atoms with Crippen molar-refractivity contribution in [2.75, 3.05) is 37.3 Å². The lowest BCUT2D eigenvalue weighted by atomic mass is 10.1. The van der Waals surface area contributed by atoms with Gasteiger partial charge in [-0.15, -0.1) is 0 Å². The molecule has 1 aromatic heterocycles. The maximum atomic E-state index is 5.83. The van der Waals surface area contributed by atoms with Crippen LogP contribution in [0.15, 0.2) is 12.1 Å². The molecule has 5 heteroatoms. The maximum Gasteiger partial charge on any atom is 0.239 e. The van der Waals surface area contributed by atoms with Crippen molar-refractivity contribution in [3.05, 3.63) is 12.1 Å². The van der Waals surface area contributed by atoms with E-state index in [2.05, 4.69) is 22.1 Å². The summed E-state index contributed by atoms with van der Waals surface area (Å²) in [6, 6.07) is 4.11. The van der Waals surface area contributed by atoms with E-state index in [0.29, 0.717) is 24.2 Å². The number of nitrogens with two attached hydrogens (primary N) is 1. The summed E-state index contributed by atoms with van der Waals surface area (Å²) in [6.45, 7) is 8.17. The van der Waals surface area contributed by atoms with Crippen molar-refractivity contribution in [2.24, 2.45) is 0 Å². The molecule has 1 aliphatic rings. The van der Waals surface area contributed by atoms with Crippen molar-refractivity contribution in [1.82, 2.24) is 9.88 Å². The number of aromatic nitrogens is 1. The molecule has 1 fully saturated rings. The Bertz CT molecular complexity index is 418. The van der Waals surface area contributed by atoms with Crippen molar-refractivity contribution >= 4 is 11.5 Å². The molecule has 1 aliphatic heterocycles. The van der Waals surface area contributed by atoms with E-state index in [1.165, 1.54) is 32.4 Å². The van der Waals surface area contributed by atoms with Gasteiger partial charge >= 0.3 is 0 Å². The van der Waals surface area contributed by atoms with Gasteiger partial charge in [-0.2, -0.15) is 4.98 Å². The van der Waals surface area contributed by atoms with Gasteiger partial charge in [0.15, 0.2) is 0 Å². The monoisotopic (exact) mass is 278 g/mol. The van der Waals surface area contributed by atoms with Gasteiger partial charge in [0.2, 0.25) is 5.88 Å². The van der Waals surface area contributed by atoms with Crippen LogP contribution in [0.2, 0.25) is 0 Å². The Balaban J connectivity index is 1.89. The predicted octanol–water partition coefficient (Wildman–Crippen LogP) is 2.35. The summed E-state index contributed by atoms with van der Waals surface area (Å²) < 4.78 is 5.42. The molecule has 2 rings (SSSR count). The van der Waals surface area contributed by atoms with Gasteiger partial charge in [0.05, 0.1) is 12.3 Å². The lowest BCUT2D eigenvalue weighted by Crippen LogP contribution is -2.38. The first-order chi connectivity index (χ1) is 9.69. The molecular weight excluding hydrogens is 252 g/mol. The summed E-state index contributed by atoms with van der Waals surface area (Å²) >= 11 is 0. The average Bonchev–Trinajstić information content (AvgIpc) is 2.44. The number of piperidine rings is 1. The number of hydrogen-bond donors (Lipinski definition) is 2. The molecule has 1 atom stereocenters. The Kier molecular flexibility index (Phi) is 5.47. The van der Waals surface area contributed by atoms with E-state index >= 15 is 0 Å². The first-order valence-electron chi connectivity index (χ1n) is 7.57. The van der Waals surface area contributed by atoms with Crippen molar-refractivity contribution in [3.8, 4) is 5.88 Å². The average molecular weight is 278 g/mol. The van der Waals surface area contributed by atoms with Crippen LogP contribution in [0, 0.1) is 0 Å². The van der Waals surface area contributed by atoms with Gasteiger partial charge in [0.1, 0.15) is 5.82 Å². The van der Waals surface area contributed by atoms with Crippen molar-refractivity contribution in [1.29, 1.82) is 0 Å². The molecule has 2 heterocycles. The molecule has 1 aromatic rings. The molecule has 1 unspecified atom stereocenters. The molecule has 0 bridgehead atoms. The molecule has 0 amide bonds. The smallest absolute Gasteiger partial charge is 0.239 e. The van der Waals surface area contributed by atoms with E-state index in [-0.39, 0.29) is 0 Å². The summed E-state index contributed by atoms with van der Waals surface area (Å²) in [4.78, 5) is 6.93. The van der Waals surface area contributed by atoms with Crippen LogP contribution in [0.5, 0.6) is 5.88 Å². The van der Waals surface area contributed by atoms with E-state index in [1.54, 1.807) is 0 Å². The minimum absolute atomic E-state index is 0.360. The van der Waals surface area contributed by atoms with Crippen LogP contribution in [-0.2, 0) is 0 Å². The van der Waals surface area contributed by atoms with Crippen LogP contribution in [0.1, 0.15) is 33.1 Å². The SMILES string of the molecule is CCOc1nc(NC(C)CN2CCCCC2)ccc1N. The highest BCUT2D eigenvalue weighted by Crippen LogP contribution is 2.21. The van der Waals surface area contributed by atoms with Crippen LogP contribution in [-0.4, -0.2) is 42.2 Å². The predicted molar refractivity (Wildman–Crippen MR) is 83.2 cm³/mol. The third-order valence-electron chi connectivity index (χ3n) is 3.55. The van der Waals surface area contributed by atoms with Gasteiger partial charge in [0, 0.05) is 12.6 Å². The van der Waals surface area contributed by atoms with Crippen LogP contribution in [0.3, 0.4) is 0 Å². The van der Waals surface area contributed by atoms with Crippen molar-refractivity contribution in [2.45, 2.75) is 39.2 Å². The molecule has 0 saturated carbocycles. The number of nitrogens with one attached hydrogen (secondary N) is 1. The molecule has 3 N–H and O–H groups in total. The Morgan fingerprint density at radius 2 is 2.10 bits per heavy atom. The standard InChI is InChI=1S/C15H26N4O/c1-3-20-15-13(16)7-8-14(18-15)17-12(2)11-19-9-5-4-6-10-19/h7-8,12H,3-6,9-11,16H2,1-2H3,(H,17,18).